The number of carbonyl (C=O) groups excluding carboxylic acids is 1. The Morgan fingerprint density at radius 1 is 1.41 bits per heavy atom. The molecule has 1 aromatic carbocycles. The molecular weight excluding hydrogens is 240 g/mol. The van der Waals surface area contributed by atoms with E-state index in [1.165, 1.54) is 0 Å². The molecule has 2 aromatic rings. The number of nitrogens with zero attached hydrogens (tertiary/aromatic N) is 2. The average molecular weight is 250 g/mol. The van der Waals surface area contributed by atoms with Crippen LogP contribution >= 0.6 is 11.5 Å². The van der Waals surface area contributed by atoms with E-state index in [1.807, 2.05) is 17.6 Å². The van der Waals surface area contributed by atoms with Crippen molar-refractivity contribution in [3.8, 4) is 17.1 Å². The Morgan fingerprint density at radius 2 is 2.12 bits per heavy atom. The minimum Gasteiger partial charge on any atom is -0.497 e. The SMILES string of the molecule is COc1ccc(-c2nsc(C(=O)NN)n2)cc1. The molecule has 1 amide bonds. The van der Waals surface area contributed by atoms with E-state index in [4.69, 9.17) is 10.6 Å². The van der Waals surface area contributed by atoms with Crippen molar-refractivity contribution in [2.24, 2.45) is 5.84 Å². The predicted molar refractivity (Wildman–Crippen MR) is 63.6 cm³/mol. The van der Waals surface area contributed by atoms with Crippen molar-refractivity contribution in [1.82, 2.24) is 14.8 Å². The summed E-state index contributed by atoms with van der Waals surface area (Å²) in [5, 5.41) is 0.235. The van der Waals surface area contributed by atoms with Crippen LogP contribution in [0.1, 0.15) is 9.80 Å². The minimum atomic E-state index is -0.442. The standard InChI is InChI=1S/C10H10N4O2S/c1-16-7-4-2-6(3-5-7)8-12-10(17-14-8)9(15)13-11/h2-5H,11H2,1H3,(H,13,15). The second-order valence-electron chi connectivity index (χ2n) is 3.13. The van der Waals surface area contributed by atoms with Gasteiger partial charge in [-0.1, -0.05) is 0 Å². The molecule has 2 rings (SSSR count). The van der Waals surface area contributed by atoms with Gasteiger partial charge >= 0.3 is 0 Å². The molecule has 3 N–H and O–H groups in total. The zero-order valence-electron chi connectivity index (χ0n) is 9.01. The van der Waals surface area contributed by atoms with Gasteiger partial charge < -0.3 is 4.74 Å². The molecule has 0 fully saturated rings. The van der Waals surface area contributed by atoms with Crippen molar-refractivity contribution in [3.63, 3.8) is 0 Å². The second-order valence-corrected chi connectivity index (χ2v) is 3.88. The summed E-state index contributed by atoms with van der Waals surface area (Å²) >= 11 is 1.00. The lowest BCUT2D eigenvalue weighted by Gasteiger charge is -1.99. The van der Waals surface area contributed by atoms with Gasteiger partial charge in [0.1, 0.15) is 5.75 Å². The fourth-order valence-corrected chi connectivity index (χ4v) is 1.82. The summed E-state index contributed by atoms with van der Waals surface area (Å²) in [6, 6.07) is 7.26. The summed E-state index contributed by atoms with van der Waals surface area (Å²) in [6.45, 7) is 0. The largest absolute Gasteiger partial charge is 0.497 e. The third kappa shape index (κ3) is 2.40. The molecule has 17 heavy (non-hydrogen) atoms. The van der Waals surface area contributed by atoms with E-state index in [2.05, 4.69) is 9.36 Å². The topological polar surface area (TPSA) is 90.1 Å². The Bertz CT molecular complexity index is 523. The van der Waals surface area contributed by atoms with Crippen LogP contribution in [0.15, 0.2) is 24.3 Å². The summed E-state index contributed by atoms with van der Waals surface area (Å²) in [6.07, 6.45) is 0. The molecule has 7 heteroatoms. The number of nitrogens with two attached hydrogens (primary N) is 1. The molecule has 0 spiro atoms. The third-order valence-corrected chi connectivity index (χ3v) is 2.81. The lowest BCUT2D eigenvalue weighted by atomic mass is 10.2. The van der Waals surface area contributed by atoms with Crippen LogP contribution in [-0.2, 0) is 0 Å². The van der Waals surface area contributed by atoms with Crippen LogP contribution in [0.3, 0.4) is 0 Å². The lowest BCUT2D eigenvalue weighted by molar-refractivity contribution is 0.0953. The van der Waals surface area contributed by atoms with Crippen molar-refractivity contribution in [1.29, 1.82) is 0 Å². The number of nitrogen functional groups attached to an aromatic ring is 1. The third-order valence-electron chi connectivity index (χ3n) is 2.10. The smallest absolute Gasteiger partial charge is 0.295 e. The van der Waals surface area contributed by atoms with Gasteiger partial charge in [0.25, 0.3) is 5.91 Å². The van der Waals surface area contributed by atoms with Crippen LogP contribution in [0.4, 0.5) is 0 Å². The Labute approximate surface area is 102 Å². The highest BCUT2D eigenvalue weighted by molar-refractivity contribution is 7.07. The number of rotatable bonds is 3. The summed E-state index contributed by atoms with van der Waals surface area (Å²) in [5.74, 6) is 5.82. The molecule has 0 saturated carbocycles. The van der Waals surface area contributed by atoms with E-state index in [1.54, 1.807) is 19.2 Å². The Balaban J connectivity index is 2.27. The first-order valence-corrected chi connectivity index (χ1v) is 5.51. The quantitative estimate of drug-likeness (QED) is 0.478. The van der Waals surface area contributed by atoms with E-state index >= 15 is 0 Å². The van der Waals surface area contributed by atoms with Crippen molar-refractivity contribution < 1.29 is 9.53 Å². The molecule has 0 bridgehead atoms. The first-order chi connectivity index (χ1) is 8.24. The summed E-state index contributed by atoms with van der Waals surface area (Å²) < 4.78 is 9.13. The van der Waals surface area contributed by atoms with Gasteiger partial charge in [0.05, 0.1) is 7.11 Å². The second kappa shape index (κ2) is 4.89. The van der Waals surface area contributed by atoms with Crippen LogP contribution in [-0.4, -0.2) is 22.4 Å². The number of benzene rings is 1. The van der Waals surface area contributed by atoms with E-state index in [9.17, 15) is 4.79 Å². The summed E-state index contributed by atoms with van der Waals surface area (Å²) in [7, 11) is 1.60. The van der Waals surface area contributed by atoms with E-state index in [0.717, 1.165) is 22.8 Å². The fourth-order valence-electron chi connectivity index (χ4n) is 1.23. The molecule has 6 nitrogen and oxygen atoms in total. The van der Waals surface area contributed by atoms with Crippen molar-refractivity contribution in [2.45, 2.75) is 0 Å². The maximum atomic E-state index is 11.2. The lowest BCUT2D eigenvalue weighted by Crippen LogP contribution is -2.29. The van der Waals surface area contributed by atoms with Crippen molar-refractivity contribution >= 4 is 17.4 Å². The fraction of sp³-hybridized carbons (Fsp3) is 0.100. The summed E-state index contributed by atoms with van der Waals surface area (Å²) in [5.41, 5.74) is 2.83. The van der Waals surface area contributed by atoms with Crippen LogP contribution in [0.25, 0.3) is 11.4 Å². The number of methoxy groups -OCH3 is 1. The van der Waals surface area contributed by atoms with Gasteiger partial charge in [-0.3, -0.25) is 10.2 Å². The number of amides is 1. The van der Waals surface area contributed by atoms with Crippen LogP contribution in [0.2, 0.25) is 0 Å². The van der Waals surface area contributed by atoms with Crippen LogP contribution in [0, 0.1) is 0 Å². The van der Waals surface area contributed by atoms with E-state index in [-0.39, 0.29) is 5.01 Å². The highest BCUT2D eigenvalue weighted by Crippen LogP contribution is 2.21. The molecule has 0 aliphatic rings. The Hall–Kier alpha value is -1.99. The van der Waals surface area contributed by atoms with Crippen molar-refractivity contribution in [2.75, 3.05) is 7.11 Å². The van der Waals surface area contributed by atoms with Crippen LogP contribution < -0.4 is 16.0 Å². The normalized spacial score (nSPS) is 10.0. The Morgan fingerprint density at radius 3 is 2.71 bits per heavy atom. The molecule has 0 unspecified atom stereocenters. The van der Waals surface area contributed by atoms with Crippen LogP contribution in [0.5, 0.6) is 5.75 Å². The summed E-state index contributed by atoms with van der Waals surface area (Å²) in [4.78, 5) is 15.3. The predicted octanol–water partition coefficient (Wildman–Crippen LogP) is 0.817. The van der Waals surface area contributed by atoms with Gasteiger partial charge in [0, 0.05) is 5.56 Å². The number of nitrogens with one attached hydrogen (secondary N) is 1. The molecule has 88 valence electrons. The zero-order chi connectivity index (χ0) is 12.3. The maximum Gasteiger partial charge on any atom is 0.295 e. The van der Waals surface area contributed by atoms with Gasteiger partial charge in [-0.15, -0.1) is 0 Å². The number of aromatic nitrogens is 2. The van der Waals surface area contributed by atoms with Gasteiger partial charge in [-0.2, -0.15) is 4.37 Å². The number of hydrogen-bond acceptors (Lipinski definition) is 6. The molecule has 0 saturated heterocycles. The molecule has 0 aliphatic heterocycles. The number of hydrazine groups is 1. The highest BCUT2D eigenvalue weighted by Gasteiger charge is 2.12. The maximum absolute atomic E-state index is 11.2. The average Bonchev–Trinajstić information content (AvgIpc) is 2.87. The van der Waals surface area contributed by atoms with Crippen molar-refractivity contribution in [3.05, 3.63) is 29.3 Å². The van der Waals surface area contributed by atoms with E-state index < -0.39 is 5.91 Å². The van der Waals surface area contributed by atoms with Gasteiger partial charge in [0.2, 0.25) is 5.01 Å². The number of ether oxygens (including phenoxy) is 1. The first-order valence-electron chi connectivity index (χ1n) is 4.73. The van der Waals surface area contributed by atoms with Gasteiger partial charge in [0.15, 0.2) is 5.82 Å². The number of carbonyl (C=O) groups is 1. The number of hydrogen-bond donors (Lipinski definition) is 2. The first kappa shape index (κ1) is 11.5. The van der Waals surface area contributed by atoms with E-state index in [0.29, 0.717) is 5.82 Å². The molecular formula is C10H10N4O2S. The van der Waals surface area contributed by atoms with Gasteiger partial charge in [-0.05, 0) is 35.8 Å². The molecule has 0 aliphatic carbocycles. The molecule has 0 atom stereocenters. The molecule has 0 radical (unpaired) electrons. The highest BCUT2D eigenvalue weighted by atomic mass is 32.1. The minimum absolute atomic E-state index is 0.235. The zero-order valence-corrected chi connectivity index (χ0v) is 9.82. The monoisotopic (exact) mass is 250 g/mol. The Kier molecular flexibility index (Phi) is 3.31. The molecule has 1 aromatic heterocycles. The molecule has 1 heterocycles. The van der Waals surface area contributed by atoms with Gasteiger partial charge in [-0.25, -0.2) is 10.8 Å².